The summed E-state index contributed by atoms with van der Waals surface area (Å²) in [7, 11) is 0. The first kappa shape index (κ1) is 19.4. The van der Waals surface area contributed by atoms with Crippen molar-refractivity contribution in [1.29, 1.82) is 0 Å². The highest BCUT2D eigenvalue weighted by atomic mass is 16.1. The molecule has 142 valence electrons. The lowest BCUT2D eigenvalue weighted by Crippen LogP contribution is -2.25. The van der Waals surface area contributed by atoms with E-state index in [1.807, 2.05) is 42.5 Å². The average molecular weight is 371 g/mol. The molecule has 0 bridgehead atoms. The predicted octanol–water partition coefficient (Wildman–Crippen LogP) is 4.52. The molecule has 1 heterocycles. The second-order valence-electron chi connectivity index (χ2n) is 6.71. The van der Waals surface area contributed by atoms with Crippen molar-refractivity contribution in [3.05, 3.63) is 103 Å². The smallest absolute Gasteiger partial charge is 0.246 e. The fourth-order valence-electron chi connectivity index (χ4n) is 3.16. The number of carbonyl (C=O) groups is 1. The molecule has 1 aromatic heterocycles. The second-order valence-corrected chi connectivity index (χ2v) is 6.71. The third-order valence-corrected chi connectivity index (χ3v) is 4.49. The molecule has 0 unspecified atom stereocenters. The molecule has 0 fully saturated rings. The van der Waals surface area contributed by atoms with Crippen molar-refractivity contribution in [2.45, 2.75) is 26.4 Å². The number of benzene rings is 2. The van der Waals surface area contributed by atoms with Crippen molar-refractivity contribution in [1.82, 2.24) is 14.9 Å². The highest BCUT2D eigenvalue weighted by molar-refractivity contribution is 5.91. The van der Waals surface area contributed by atoms with Gasteiger partial charge < -0.3 is 9.88 Å². The van der Waals surface area contributed by atoms with Crippen LogP contribution in [0, 0.1) is 0 Å². The monoisotopic (exact) mass is 371 g/mol. The number of carbonyl (C=O) groups excluding carboxylic acids is 1. The Morgan fingerprint density at radius 2 is 1.75 bits per heavy atom. The van der Waals surface area contributed by atoms with Gasteiger partial charge in [0, 0.05) is 24.1 Å². The van der Waals surface area contributed by atoms with Crippen LogP contribution in [-0.4, -0.2) is 15.5 Å². The number of nitrogens with zero attached hydrogens (tertiary/aromatic N) is 2. The summed E-state index contributed by atoms with van der Waals surface area (Å²) < 4.78 is 2.12. The highest BCUT2D eigenvalue weighted by Crippen LogP contribution is 2.27. The molecule has 28 heavy (non-hydrogen) atoms. The van der Waals surface area contributed by atoms with Gasteiger partial charge in [-0.05, 0) is 12.5 Å². The fourth-order valence-corrected chi connectivity index (χ4v) is 3.16. The molecule has 0 aliphatic rings. The molecule has 0 atom stereocenters. The molecule has 0 aliphatic heterocycles. The van der Waals surface area contributed by atoms with Gasteiger partial charge in [-0.1, -0.05) is 73.3 Å². The molecule has 1 amide bonds. The normalized spacial score (nSPS) is 10.5. The number of hydrogen-bond acceptors (Lipinski definition) is 2. The van der Waals surface area contributed by atoms with Gasteiger partial charge in [0.1, 0.15) is 5.82 Å². The molecule has 0 aliphatic carbocycles. The molecule has 3 rings (SSSR count). The Labute approximate surface area is 166 Å². The predicted molar refractivity (Wildman–Crippen MR) is 114 cm³/mol. The summed E-state index contributed by atoms with van der Waals surface area (Å²) in [6.45, 7) is 10.2. The lowest BCUT2D eigenvalue weighted by molar-refractivity contribution is -0.117. The minimum absolute atomic E-state index is 0.168. The van der Waals surface area contributed by atoms with Crippen molar-refractivity contribution in [2.24, 2.45) is 0 Å². The van der Waals surface area contributed by atoms with Crippen LogP contribution in [0.5, 0.6) is 0 Å². The first-order valence-electron chi connectivity index (χ1n) is 9.32. The topological polar surface area (TPSA) is 46.9 Å². The van der Waals surface area contributed by atoms with Crippen LogP contribution in [0.15, 0.2) is 85.5 Å². The molecule has 4 heteroatoms. The highest BCUT2D eigenvalue weighted by Gasteiger charge is 2.18. The zero-order valence-corrected chi connectivity index (χ0v) is 16.2. The summed E-state index contributed by atoms with van der Waals surface area (Å²) in [5.41, 5.74) is 4.82. The molecule has 0 spiro atoms. The summed E-state index contributed by atoms with van der Waals surface area (Å²) in [4.78, 5) is 16.9. The number of rotatable bonds is 8. The molecule has 2 aromatic carbocycles. The molecule has 0 saturated heterocycles. The van der Waals surface area contributed by atoms with Crippen molar-refractivity contribution in [3.8, 4) is 11.3 Å². The first-order valence-corrected chi connectivity index (χ1v) is 9.32. The van der Waals surface area contributed by atoms with Gasteiger partial charge in [-0.25, -0.2) is 4.98 Å². The third-order valence-electron chi connectivity index (χ3n) is 4.49. The van der Waals surface area contributed by atoms with Gasteiger partial charge in [0.2, 0.25) is 5.91 Å². The molecule has 0 radical (unpaired) electrons. The van der Waals surface area contributed by atoms with E-state index in [2.05, 4.69) is 47.3 Å². The Morgan fingerprint density at radius 1 is 1.11 bits per heavy atom. The number of hydrogen-bond donors (Lipinski definition) is 1. The summed E-state index contributed by atoms with van der Waals surface area (Å²) in [5, 5.41) is 2.90. The van der Waals surface area contributed by atoms with E-state index in [0.29, 0.717) is 18.7 Å². The Morgan fingerprint density at radius 3 is 2.36 bits per heavy atom. The minimum Gasteiger partial charge on any atom is -0.345 e. The van der Waals surface area contributed by atoms with Crippen LogP contribution in [0.4, 0.5) is 0 Å². The van der Waals surface area contributed by atoms with Crippen LogP contribution in [0.3, 0.4) is 0 Å². The van der Waals surface area contributed by atoms with Crippen molar-refractivity contribution in [3.63, 3.8) is 0 Å². The van der Waals surface area contributed by atoms with E-state index < -0.39 is 0 Å². The number of amides is 1. The number of imidazole rings is 1. The maximum Gasteiger partial charge on any atom is 0.246 e. The number of allylic oxidation sites excluding steroid dienone is 1. The van der Waals surface area contributed by atoms with E-state index in [1.165, 1.54) is 5.56 Å². The summed E-state index contributed by atoms with van der Waals surface area (Å²) in [5.74, 6) is 0.637. The maximum absolute atomic E-state index is 12.0. The standard InChI is InChI=1S/C24H25N3O/c1-4-15-27-22(17-25-24(28)18(2)3)26-21(16-19-11-7-5-8-12-19)23(27)20-13-9-6-10-14-20/h4-14H,1-2,15-17H2,3H3,(H,25,28). The number of aromatic nitrogens is 2. The van der Waals surface area contributed by atoms with Crippen molar-refractivity contribution < 1.29 is 4.79 Å². The van der Waals surface area contributed by atoms with Crippen molar-refractivity contribution >= 4 is 5.91 Å². The van der Waals surface area contributed by atoms with Crippen LogP contribution < -0.4 is 5.32 Å². The van der Waals surface area contributed by atoms with Gasteiger partial charge in [0.05, 0.1) is 17.9 Å². The van der Waals surface area contributed by atoms with Gasteiger partial charge in [-0.2, -0.15) is 0 Å². The summed E-state index contributed by atoms with van der Waals surface area (Å²) in [6.07, 6.45) is 2.57. The Balaban J connectivity index is 2.05. The van der Waals surface area contributed by atoms with Crippen LogP contribution in [-0.2, 0) is 24.3 Å². The molecule has 0 saturated carbocycles. The van der Waals surface area contributed by atoms with Crippen LogP contribution >= 0.6 is 0 Å². The molecule has 4 nitrogen and oxygen atoms in total. The van der Waals surface area contributed by atoms with E-state index in [9.17, 15) is 4.79 Å². The zero-order chi connectivity index (χ0) is 19.9. The number of nitrogens with one attached hydrogen (secondary N) is 1. The van der Waals surface area contributed by atoms with E-state index in [0.717, 1.165) is 29.2 Å². The minimum atomic E-state index is -0.168. The largest absolute Gasteiger partial charge is 0.345 e. The Kier molecular flexibility index (Phi) is 6.22. The summed E-state index contributed by atoms with van der Waals surface area (Å²) >= 11 is 0. The van der Waals surface area contributed by atoms with Gasteiger partial charge >= 0.3 is 0 Å². The Bertz CT molecular complexity index is 972. The second kappa shape index (κ2) is 9.00. The van der Waals surface area contributed by atoms with Crippen LogP contribution in [0.2, 0.25) is 0 Å². The third kappa shape index (κ3) is 4.46. The summed E-state index contributed by atoms with van der Waals surface area (Å²) in [6, 6.07) is 20.5. The van der Waals surface area contributed by atoms with E-state index in [1.54, 1.807) is 6.92 Å². The van der Waals surface area contributed by atoms with Gasteiger partial charge in [0.25, 0.3) is 0 Å². The van der Waals surface area contributed by atoms with Crippen LogP contribution in [0.1, 0.15) is 24.0 Å². The quantitative estimate of drug-likeness (QED) is 0.467. The lowest BCUT2D eigenvalue weighted by atomic mass is 10.0. The van der Waals surface area contributed by atoms with Crippen molar-refractivity contribution in [2.75, 3.05) is 0 Å². The Hall–Kier alpha value is -3.40. The molecule has 1 N–H and O–H groups in total. The molecular weight excluding hydrogens is 346 g/mol. The van der Waals surface area contributed by atoms with Crippen LogP contribution in [0.25, 0.3) is 11.3 Å². The SMILES string of the molecule is C=CCn1c(CNC(=O)C(=C)C)nc(Cc2ccccc2)c1-c1ccccc1. The van der Waals surface area contributed by atoms with E-state index >= 15 is 0 Å². The zero-order valence-electron chi connectivity index (χ0n) is 16.2. The lowest BCUT2D eigenvalue weighted by Gasteiger charge is -2.12. The fraction of sp³-hybridized carbons (Fsp3) is 0.167. The molecule has 3 aromatic rings. The van der Waals surface area contributed by atoms with Gasteiger partial charge in [-0.3, -0.25) is 4.79 Å². The average Bonchev–Trinajstić information content (AvgIpc) is 3.04. The van der Waals surface area contributed by atoms with E-state index in [4.69, 9.17) is 4.98 Å². The van der Waals surface area contributed by atoms with Gasteiger partial charge in [0.15, 0.2) is 0 Å². The maximum atomic E-state index is 12.0. The van der Waals surface area contributed by atoms with E-state index in [-0.39, 0.29) is 5.91 Å². The van der Waals surface area contributed by atoms with Gasteiger partial charge in [-0.15, -0.1) is 6.58 Å². The molecular formula is C24H25N3O. The first-order chi connectivity index (χ1) is 13.6.